The lowest BCUT2D eigenvalue weighted by Gasteiger charge is -2.13. The van der Waals surface area contributed by atoms with Crippen LogP contribution in [0.25, 0.3) is 0 Å². The number of hydrogen-bond acceptors (Lipinski definition) is 8. The summed E-state index contributed by atoms with van der Waals surface area (Å²) in [5.74, 6) is 0.697. The van der Waals surface area contributed by atoms with Gasteiger partial charge in [0.05, 0.1) is 29.1 Å². The van der Waals surface area contributed by atoms with Crippen LogP contribution in [0.5, 0.6) is 5.75 Å². The first-order chi connectivity index (χ1) is 12.7. The van der Waals surface area contributed by atoms with Crippen LogP contribution < -0.4 is 15.4 Å². The molecule has 0 amide bonds. The van der Waals surface area contributed by atoms with Crippen molar-refractivity contribution in [3.05, 3.63) is 65.2 Å². The number of pyridine rings is 1. The van der Waals surface area contributed by atoms with Crippen LogP contribution in [0.15, 0.2) is 55.1 Å². The van der Waals surface area contributed by atoms with Gasteiger partial charge < -0.3 is 15.4 Å². The molecule has 0 aliphatic carbocycles. The average Bonchev–Trinajstić information content (AvgIpc) is 2.64. The summed E-state index contributed by atoms with van der Waals surface area (Å²) in [7, 11) is 0. The molecule has 2 N–H and O–H groups in total. The van der Waals surface area contributed by atoms with Crippen LogP contribution in [0.3, 0.4) is 0 Å². The largest absolute Gasteiger partial charge is 0.492 e. The maximum absolute atomic E-state index is 11.6. The third kappa shape index (κ3) is 3.83. The van der Waals surface area contributed by atoms with E-state index in [0.29, 0.717) is 23.7 Å². The van der Waals surface area contributed by atoms with E-state index in [-0.39, 0.29) is 17.3 Å². The Morgan fingerprint density at radius 3 is 2.58 bits per heavy atom. The molecule has 0 aliphatic heterocycles. The number of nitrogens with zero attached hydrogens (tertiary/aromatic N) is 4. The number of nitrogens with one attached hydrogen (secondary N) is 2. The molecule has 3 aromatic rings. The van der Waals surface area contributed by atoms with E-state index in [1.165, 1.54) is 6.33 Å². The molecule has 3 rings (SSSR count). The topological polar surface area (TPSA) is 115 Å². The van der Waals surface area contributed by atoms with Crippen LogP contribution in [-0.4, -0.2) is 26.5 Å². The summed E-state index contributed by atoms with van der Waals surface area (Å²) >= 11 is 0. The van der Waals surface area contributed by atoms with Crippen molar-refractivity contribution < 1.29 is 9.66 Å². The first kappa shape index (κ1) is 17.1. The molecule has 9 heteroatoms. The number of hydrogen-bond donors (Lipinski definition) is 2. The van der Waals surface area contributed by atoms with Crippen molar-refractivity contribution in [1.29, 1.82) is 0 Å². The molecule has 0 fully saturated rings. The lowest BCUT2D eigenvalue weighted by Crippen LogP contribution is -2.06. The molecular weight excluding hydrogens is 336 g/mol. The zero-order chi connectivity index (χ0) is 18.4. The second kappa shape index (κ2) is 7.88. The minimum atomic E-state index is -0.537. The number of benzene rings is 1. The normalized spacial score (nSPS) is 10.2. The van der Waals surface area contributed by atoms with Crippen LogP contribution in [-0.2, 0) is 0 Å². The minimum absolute atomic E-state index is 0.0588. The van der Waals surface area contributed by atoms with Crippen molar-refractivity contribution in [2.75, 3.05) is 17.2 Å². The van der Waals surface area contributed by atoms with Gasteiger partial charge in [0.1, 0.15) is 12.1 Å². The lowest BCUT2D eigenvalue weighted by molar-refractivity contribution is -0.383. The molecule has 9 nitrogen and oxygen atoms in total. The summed E-state index contributed by atoms with van der Waals surface area (Å²) in [4.78, 5) is 23.1. The van der Waals surface area contributed by atoms with Crippen molar-refractivity contribution >= 4 is 28.7 Å². The highest BCUT2D eigenvalue weighted by Gasteiger charge is 2.24. The van der Waals surface area contributed by atoms with E-state index in [4.69, 9.17) is 4.74 Å². The predicted molar refractivity (Wildman–Crippen MR) is 97.1 cm³/mol. The molecule has 0 spiro atoms. The van der Waals surface area contributed by atoms with E-state index in [1.807, 2.05) is 13.0 Å². The summed E-state index contributed by atoms with van der Waals surface area (Å²) in [5.41, 5.74) is 0.876. The van der Waals surface area contributed by atoms with Gasteiger partial charge in [0.15, 0.2) is 0 Å². The first-order valence-corrected chi connectivity index (χ1v) is 7.84. The maximum atomic E-state index is 11.6. The smallest absolute Gasteiger partial charge is 0.353 e. The second-order valence-corrected chi connectivity index (χ2v) is 5.10. The number of anilines is 4. The molecule has 0 atom stereocenters. The van der Waals surface area contributed by atoms with E-state index in [9.17, 15) is 10.1 Å². The predicted octanol–water partition coefficient (Wildman–Crippen LogP) is 3.67. The Kier molecular flexibility index (Phi) is 5.18. The number of para-hydroxylation sites is 2. The van der Waals surface area contributed by atoms with Crippen LogP contribution in [0.4, 0.5) is 28.7 Å². The molecular formula is C17H16N6O3. The van der Waals surface area contributed by atoms with E-state index >= 15 is 0 Å². The Hall–Kier alpha value is -3.75. The number of ether oxygens (including phenoxy) is 1. The summed E-state index contributed by atoms with van der Waals surface area (Å²) in [5, 5.41) is 17.5. The van der Waals surface area contributed by atoms with Crippen molar-refractivity contribution in [1.82, 2.24) is 15.0 Å². The number of nitro groups is 1. The maximum Gasteiger partial charge on any atom is 0.353 e. The van der Waals surface area contributed by atoms with Gasteiger partial charge in [-0.25, -0.2) is 9.97 Å². The van der Waals surface area contributed by atoms with Crippen molar-refractivity contribution in [2.24, 2.45) is 0 Å². The van der Waals surface area contributed by atoms with E-state index in [1.54, 1.807) is 42.7 Å². The SMILES string of the molecule is CCOc1ccccc1Nc1ncnc(Nc2cccnc2)c1[N+](=O)[O-]. The lowest BCUT2D eigenvalue weighted by atomic mass is 10.3. The van der Waals surface area contributed by atoms with Gasteiger partial charge in [-0.2, -0.15) is 0 Å². The number of aromatic nitrogens is 3. The molecule has 2 aromatic heterocycles. The zero-order valence-electron chi connectivity index (χ0n) is 13.9. The second-order valence-electron chi connectivity index (χ2n) is 5.10. The van der Waals surface area contributed by atoms with Crippen LogP contribution in [0.2, 0.25) is 0 Å². The third-order valence-electron chi connectivity index (χ3n) is 3.37. The molecule has 0 bridgehead atoms. The van der Waals surface area contributed by atoms with Crippen molar-refractivity contribution in [3.63, 3.8) is 0 Å². The van der Waals surface area contributed by atoms with Crippen LogP contribution >= 0.6 is 0 Å². The zero-order valence-corrected chi connectivity index (χ0v) is 13.9. The quantitative estimate of drug-likeness (QED) is 0.489. The Labute approximate surface area is 149 Å². The number of rotatable bonds is 7. The fourth-order valence-electron chi connectivity index (χ4n) is 2.29. The van der Waals surface area contributed by atoms with E-state index in [2.05, 4.69) is 25.6 Å². The Balaban J connectivity index is 1.98. The molecule has 2 heterocycles. The van der Waals surface area contributed by atoms with E-state index < -0.39 is 4.92 Å². The highest BCUT2D eigenvalue weighted by Crippen LogP contribution is 2.35. The summed E-state index contributed by atoms with van der Waals surface area (Å²) in [6, 6.07) is 10.6. The highest BCUT2D eigenvalue weighted by molar-refractivity contribution is 5.78. The van der Waals surface area contributed by atoms with Gasteiger partial charge in [0.2, 0.25) is 11.6 Å². The van der Waals surface area contributed by atoms with Gasteiger partial charge in [0, 0.05) is 6.20 Å². The fraction of sp³-hybridized carbons (Fsp3) is 0.118. The van der Waals surface area contributed by atoms with Gasteiger partial charge >= 0.3 is 5.69 Å². The van der Waals surface area contributed by atoms with Gasteiger partial charge in [-0.1, -0.05) is 12.1 Å². The van der Waals surface area contributed by atoms with Crippen molar-refractivity contribution in [3.8, 4) is 5.75 Å². The van der Waals surface area contributed by atoms with Gasteiger partial charge in [0.25, 0.3) is 0 Å². The Morgan fingerprint density at radius 1 is 1.12 bits per heavy atom. The summed E-state index contributed by atoms with van der Waals surface area (Å²) < 4.78 is 5.54. The molecule has 132 valence electrons. The van der Waals surface area contributed by atoms with Crippen molar-refractivity contribution in [2.45, 2.75) is 6.92 Å². The summed E-state index contributed by atoms with van der Waals surface area (Å²) in [6.45, 7) is 2.33. The standard InChI is InChI=1S/C17H16N6O3/c1-2-26-14-8-4-3-7-13(14)22-17-15(23(24)25)16(19-11-20-17)21-12-6-5-9-18-10-12/h3-11H,2H2,1H3,(H2,19,20,21,22). The first-order valence-electron chi connectivity index (χ1n) is 7.84. The van der Waals surface area contributed by atoms with Gasteiger partial charge in [-0.15, -0.1) is 0 Å². The minimum Gasteiger partial charge on any atom is -0.492 e. The Bertz CT molecular complexity index is 904. The fourth-order valence-corrected chi connectivity index (χ4v) is 2.29. The highest BCUT2D eigenvalue weighted by atomic mass is 16.6. The summed E-state index contributed by atoms with van der Waals surface area (Å²) in [6.07, 6.45) is 4.40. The molecule has 1 aromatic carbocycles. The molecule has 0 saturated carbocycles. The molecule has 0 saturated heterocycles. The van der Waals surface area contributed by atoms with E-state index in [0.717, 1.165) is 0 Å². The molecule has 0 aliphatic rings. The van der Waals surface area contributed by atoms with Crippen LogP contribution in [0, 0.1) is 10.1 Å². The molecule has 26 heavy (non-hydrogen) atoms. The Morgan fingerprint density at radius 2 is 1.88 bits per heavy atom. The molecule has 0 unspecified atom stereocenters. The van der Waals surface area contributed by atoms with Gasteiger partial charge in [-0.05, 0) is 31.2 Å². The van der Waals surface area contributed by atoms with Gasteiger partial charge in [-0.3, -0.25) is 15.1 Å². The van der Waals surface area contributed by atoms with Crippen LogP contribution in [0.1, 0.15) is 6.92 Å². The monoisotopic (exact) mass is 352 g/mol. The molecule has 0 radical (unpaired) electrons. The third-order valence-corrected chi connectivity index (χ3v) is 3.37. The average molecular weight is 352 g/mol.